The Morgan fingerprint density at radius 3 is 2.73 bits per heavy atom. The SMILES string of the molecule is Cc1ccc(OCCCC(=O)NCCSCc2c(F)cccc2Cl)cc1. The number of aryl methyl sites for hydroxylation is 1. The van der Waals surface area contributed by atoms with E-state index in [0.29, 0.717) is 48.1 Å². The summed E-state index contributed by atoms with van der Waals surface area (Å²) in [4.78, 5) is 11.8. The number of halogens is 2. The van der Waals surface area contributed by atoms with Crippen LogP contribution in [0, 0.1) is 12.7 Å². The average Bonchev–Trinajstić information content (AvgIpc) is 2.62. The van der Waals surface area contributed by atoms with Crippen molar-refractivity contribution in [2.24, 2.45) is 0 Å². The summed E-state index contributed by atoms with van der Waals surface area (Å²) in [6.07, 6.45) is 1.09. The van der Waals surface area contributed by atoms with Crippen molar-refractivity contribution in [1.82, 2.24) is 5.32 Å². The summed E-state index contributed by atoms with van der Waals surface area (Å²) in [5.41, 5.74) is 1.70. The lowest BCUT2D eigenvalue weighted by atomic mass is 10.2. The predicted octanol–water partition coefficient (Wildman–Crippen LogP) is 5.00. The first-order chi connectivity index (χ1) is 12.6. The third-order valence-corrected chi connectivity index (χ3v) is 5.05. The van der Waals surface area contributed by atoms with E-state index in [1.54, 1.807) is 12.1 Å². The Hall–Kier alpha value is -1.72. The number of nitrogens with one attached hydrogen (secondary N) is 1. The van der Waals surface area contributed by atoms with Crippen LogP contribution < -0.4 is 10.1 Å². The molecule has 2 rings (SSSR count). The molecule has 0 fully saturated rings. The van der Waals surface area contributed by atoms with E-state index < -0.39 is 0 Å². The van der Waals surface area contributed by atoms with E-state index in [-0.39, 0.29) is 11.7 Å². The van der Waals surface area contributed by atoms with Gasteiger partial charge in [0.15, 0.2) is 0 Å². The van der Waals surface area contributed by atoms with E-state index in [9.17, 15) is 9.18 Å². The highest BCUT2D eigenvalue weighted by molar-refractivity contribution is 7.98. The van der Waals surface area contributed by atoms with Crippen LogP contribution in [0.25, 0.3) is 0 Å². The molecule has 26 heavy (non-hydrogen) atoms. The van der Waals surface area contributed by atoms with Gasteiger partial charge in [0.2, 0.25) is 5.91 Å². The van der Waals surface area contributed by atoms with Gasteiger partial charge in [0.05, 0.1) is 6.61 Å². The molecule has 0 aliphatic heterocycles. The van der Waals surface area contributed by atoms with Gasteiger partial charge in [0.25, 0.3) is 0 Å². The zero-order valence-electron chi connectivity index (χ0n) is 14.8. The lowest BCUT2D eigenvalue weighted by Gasteiger charge is -2.08. The molecule has 0 bridgehead atoms. The van der Waals surface area contributed by atoms with Crippen molar-refractivity contribution in [2.75, 3.05) is 18.9 Å². The summed E-state index contributed by atoms with van der Waals surface area (Å²) < 4.78 is 19.2. The van der Waals surface area contributed by atoms with Gasteiger partial charge >= 0.3 is 0 Å². The zero-order chi connectivity index (χ0) is 18.8. The van der Waals surface area contributed by atoms with Gasteiger partial charge in [-0.25, -0.2) is 4.39 Å². The number of thioether (sulfide) groups is 1. The van der Waals surface area contributed by atoms with E-state index in [0.717, 1.165) is 5.75 Å². The zero-order valence-corrected chi connectivity index (χ0v) is 16.3. The largest absolute Gasteiger partial charge is 0.494 e. The normalized spacial score (nSPS) is 10.6. The molecule has 2 aromatic rings. The van der Waals surface area contributed by atoms with Crippen molar-refractivity contribution in [3.63, 3.8) is 0 Å². The van der Waals surface area contributed by atoms with Gasteiger partial charge in [-0.05, 0) is 37.6 Å². The van der Waals surface area contributed by atoms with Crippen LogP contribution in [-0.4, -0.2) is 24.8 Å². The van der Waals surface area contributed by atoms with E-state index >= 15 is 0 Å². The molecule has 1 N–H and O–H groups in total. The number of amides is 1. The Kier molecular flexibility index (Phi) is 8.78. The third kappa shape index (κ3) is 7.26. The molecule has 0 spiro atoms. The van der Waals surface area contributed by atoms with Crippen molar-refractivity contribution in [3.8, 4) is 5.75 Å². The smallest absolute Gasteiger partial charge is 0.220 e. The van der Waals surface area contributed by atoms with Crippen molar-refractivity contribution in [3.05, 3.63) is 64.4 Å². The number of hydrogen-bond donors (Lipinski definition) is 1. The second kappa shape index (κ2) is 11.1. The summed E-state index contributed by atoms with van der Waals surface area (Å²) >= 11 is 7.52. The lowest BCUT2D eigenvalue weighted by molar-refractivity contribution is -0.121. The van der Waals surface area contributed by atoms with Crippen molar-refractivity contribution in [1.29, 1.82) is 0 Å². The van der Waals surface area contributed by atoms with Crippen LogP contribution in [-0.2, 0) is 10.5 Å². The minimum atomic E-state index is -0.289. The highest BCUT2D eigenvalue weighted by Crippen LogP contribution is 2.23. The Labute approximate surface area is 163 Å². The molecule has 6 heteroatoms. The third-order valence-electron chi connectivity index (χ3n) is 3.71. The molecule has 0 heterocycles. The van der Waals surface area contributed by atoms with Crippen LogP contribution >= 0.6 is 23.4 Å². The molecule has 3 nitrogen and oxygen atoms in total. The van der Waals surface area contributed by atoms with Gasteiger partial charge < -0.3 is 10.1 Å². The van der Waals surface area contributed by atoms with Crippen LogP contribution in [0.1, 0.15) is 24.0 Å². The van der Waals surface area contributed by atoms with Crippen LogP contribution in [0.5, 0.6) is 5.75 Å². The minimum Gasteiger partial charge on any atom is -0.494 e. The molecule has 0 saturated heterocycles. The van der Waals surface area contributed by atoms with Gasteiger partial charge in [0.1, 0.15) is 11.6 Å². The Morgan fingerprint density at radius 2 is 2.00 bits per heavy atom. The number of carbonyl (C=O) groups is 1. The number of carbonyl (C=O) groups excluding carboxylic acids is 1. The van der Waals surface area contributed by atoms with E-state index in [2.05, 4.69) is 5.32 Å². The van der Waals surface area contributed by atoms with Crippen LogP contribution in [0.3, 0.4) is 0 Å². The summed E-state index contributed by atoms with van der Waals surface area (Å²) in [6, 6.07) is 12.5. The van der Waals surface area contributed by atoms with Crippen molar-refractivity contribution in [2.45, 2.75) is 25.5 Å². The lowest BCUT2D eigenvalue weighted by Crippen LogP contribution is -2.25. The standard InChI is InChI=1S/C20H23ClFNO2S/c1-15-7-9-16(10-8-15)25-12-3-6-20(24)23-11-13-26-14-17-18(21)4-2-5-19(17)22/h2,4-5,7-10H,3,6,11-14H2,1H3,(H,23,24). The van der Waals surface area contributed by atoms with Gasteiger partial charge in [-0.15, -0.1) is 0 Å². The van der Waals surface area contributed by atoms with E-state index in [4.69, 9.17) is 16.3 Å². The summed E-state index contributed by atoms with van der Waals surface area (Å²) in [5.74, 6) is 1.73. The second-order valence-corrected chi connectivity index (χ2v) is 7.38. The van der Waals surface area contributed by atoms with E-state index in [1.807, 2.05) is 31.2 Å². The fourth-order valence-corrected chi connectivity index (χ4v) is 3.45. The van der Waals surface area contributed by atoms with Crippen molar-refractivity contribution < 1.29 is 13.9 Å². The molecule has 0 saturated carbocycles. The highest BCUT2D eigenvalue weighted by atomic mass is 35.5. The van der Waals surface area contributed by atoms with Gasteiger partial charge in [-0.1, -0.05) is 35.4 Å². The van der Waals surface area contributed by atoms with Gasteiger partial charge in [-0.3, -0.25) is 4.79 Å². The maximum atomic E-state index is 13.6. The first-order valence-corrected chi connectivity index (χ1v) is 10.1. The maximum Gasteiger partial charge on any atom is 0.220 e. The summed E-state index contributed by atoms with van der Waals surface area (Å²) in [7, 11) is 0. The molecule has 0 aromatic heterocycles. The molecular weight excluding hydrogens is 373 g/mol. The predicted molar refractivity (Wildman–Crippen MR) is 106 cm³/mol. The van der Waals surface area contributed by atoms with Crippen LogP contribution in [0.4, 0.5) is 4.39 Å². The number of ether oxygens (including phenoxy) is 1. The molecular formula is C20H23ClFNO2S. The van der Waals surface area contributed by atoms with Crippen LogP contribution in [0.2, 0.25) is 5.02 Å². The number of rotatable bonds is 10. The monoisotopic (exact) mass is 395 g/mol. The maximum absolute atomic E-state index is 13.6. The first kappa shape index (κ1) is 20.6. The molecule has 0 aliphatic rings. The Balaban J connectivity index is 1.53. The molecule has 0 atom stereocenters. The average molecular weight is 396 g/mol. The summed E-state index contributed by atoms with van der Waals surface area (Å²) in [6.45, 7) is 3.09. The fourth-order valence-electron chi connectivity index (χ4n) is 2.25. The van der Waals surface area contributed by atoms with Gasteiger partial charge in [0, 0.05) is 35.1 Å². The molecule has 140 valence electrons. The molecule has 1 amide bonds. The number of hydrogen-bond acceptors (Lipinski definition) is 3. The quantitative estimate of drug-likeness (QED) is 0.575. The minimum absolute atomic E-state index is 0.00188. The topological polar surface area (TPSA) is 38.3 Å². The molecule has 2 aromatic carbocycles. The van der Waals surface area contributed by atoms with E-state index in [1.165, 1.54) is 23.4 Å². The molecule has 0 radical (unpaired) electrons. The Bertz CT molecular complexity index is 689. The Morgan fingerprint density at radius 1 is 1.23 bits per heavy atom. The second-order valence-electron chi connectivity index (χ2n) is 5.87. The molecule has 0 aliphatic carbocycles. The van der Waals surface area contributed by atoms with Crippen LogP contribution in [0.15, 0.2) is 42.5 Å². The highest BCUT2D eigenvalue weighted by Gasteiger charge is 2.07. The number of benzene rings is 2. The van der Waals surface area contributed by atoms with Gasteiger partial charge in [-0.2, -0.15) is 11.8 Å². The first-order valence-electron chi connectivity index (χ1n) is 8.53. The molecule has 0 unspecified atom stereocenters. The fraction of sp³-hybridized carbons (Fsp3) is 0.350. The summed E-state index contributed by atoms with van der Waals surface area (Å²) in [5, 5.41) is 3.30. The van der Waals surface area contributed by atoms with Crippen molar-refractivity contribution >= 4 is 29.3 Å².